The molecule has 0 radical (unpaired) electrons. The van der Waals surface area contributed by atoms with E-state index in [9.17, 15) is 4.79 Å². The Balaban J connectivity index is 1.93. The third-order valence-corrected chi connectivity index (χ3v) is 4.84. The zero-order valence-corrected chi connectivity index (χ0v) is 11.3. The van der Waals surface area contributed by atoms with Gasteiger partial charge in [0, 0.05) is 29.4 Å². The van der Waals surface area contributed by atoms with Gasteiger partial charge in [0.25, 0.3) is 0 Å². The summed E-state index contributed by atoms with van der Waals surface area (Å²) in [6.07, 6.45) is 2.85. The summed E-state index contributed by atoms with van der Waals surface area (Å²) in [6.45, 7) is 0.780. The first-order chi connectivity index (χ1) is 9.83. The van der Waals surface area contributed by atoms with Crippen LogP contribution in [-0.2, 0) is 6.42 Å². The fourth-order valence-corrected chi connectivity index (χ4v) is 3.82. The molecule has 0 atom stereocenters. The summed E-state index contributed by atoms with van der Waals surface area (Å²) >= 11 is 1.56. The molecule has 5 heteroatoms. The lowest BCUT2D eigenvalue weighted by molar-refractivity contribution is 0.103. The third-order valence-electron chi connectivity index (χ3n) is 4.05. The quantitative estimate of drug-likeness (QED) is 0.538. The van der Waals surface area contributed by atoms with Crippen molar-refractivity contribution in [2.45, 2.75) is 6.42 Å². The second-order valence-electron chi connectivity index (χ2n) is 5.09. The fourth-order valence-electron chi connectivity index (χ4n) is 3.12. The average molecular weight is 279 g/mol. The van der Waals surface area contributed by atoms with E-state index >= 15 is 0 Å². The van der Waals surface area contributed by atoms with Crippen LogP contribution in [0.5, 0.6) is 0 Å². The standard InChI is InChI=1S/C15H9N3OS/c19-15-9-4-11-10(18-6-20-11)3-8(9)13-12-7(1-2-16-13)5-17-14(12)15/h3-6,17H,1-2H2. The highest BCUT2D eigenvalue weighted by Gasteiger charge is 2.33. The first-order valence-electron chi connectivity index (χ1n) is 6.50. The summed E-state index contributed by atoms with van der Waals surface area (Å²) in [5.41, 5.74) is 8.26. The molecule has 0 fully saturated rings. The number of nitrogens with one attached hydrogen (secondary N) is 1. The first-order valence-corrected chi connectivity index (χ1v) is 7.38. The van der Waals surface area contributed by atoms with Gasteiger partial charge < -0.3 is 4.98 Å². The second kappa shape index (κ2) is 3.43. The largest absolute Gasteiger partial charge is 0.358 e. The van der Waals surface area contributed by atoms with E-state index in [1.807, 2.05) is 23.8 Å². The Labute approximate surface area is 118 Å². The maximum atomic E-state index is 12.7. The van der Waals surface area contributed by atoms with Crippen molar-refractivity contribution >= 4 is 33.0 Å². The van der Waals surface area contributed by atoms with Crippen molar-refractivity contribution < 1.29 is 4.79 Å². The molecular formula is C15H9N3OS. The van der Waals surface area contributed by atoms with E-state index in [0.717, 1.165) is 45.6 Å². The summed E-state index contributed by atoms with van der Waals surface area (Å²) in [7, 11) is 0. The van der Waals surface area contributed by atoms with E-state index in [4.69, 9.17) is 0 Å². The van der Waals surface area contributed by atoms with E-state index in [0.29, 0.717) is 5.69 Å². The van der Waals surface area contributed by atoms with Crippen LogP contribution in [0.1, 0.15) is 32.7 Å². The number of hydrogen-bond acceptors (Lipinski definition) is 4. The lowest BCUT2D eigenvalue weighted by Crippen LogP contribution is -2.24. The zero-order valence-electron chi connectivity index (χ0n) is 10.4. The molecule has 2 aliphatic rings. The number of benzene rings is 1. The molecule has 0 unspecified atom stereocenters. The predicted octanol–water partition coefficient (Wildman–Crippen LogP) is 2.56. The van der Waals surface area contributed by atoms with Gasteiger partial charge in [-0.15, -0.1) is 11.3 Å². The number of aromatic nitrogens is 2. The molecule has 2 aromatic heterocycles. The minimum Gasteiger partial charge on any atom is -0.358 e. The molecule has 0 bridgehead atoms. The number of rotatable bonds is 0. The van der Waals surface area contributed by atoms with Crippen molar-refractivity contribution in [3.8, 4) is 0 Å². The molecule has 1 N–H and O–H groups in total. The Morgan fingerprint density at radius 2 is 2.20 bits per heavy atom. The van der Waals surface area contributed by atoms with Gasteiger partial charge in [-0.2, -0.15) is 0 Å². The van der Waals surface area contributed by atoms with E-state index < -0.39 is 0 Å². The number of fused-ring (bicyclic) bond motifs is 3. The highest BCUT2D eigenvalue weighted by Crippen LogP contribution is 2.34. The van der Waals surface area contributed by atoms with Crippen molar-refractivity contribution in [1.82, 2.24) is 9.97 Å². The van der Waals surface area contributed by atoms with Crippen LogP contribution in [0, 0.1) is 0 Å². The molecule has 5 rings (SSSR count). The molecule has 1 aliphatic heterocycles. The van der Waals surface area contributed by atoms with E-state index in [1.165, 1.54) is 5.56 Å². The van der Waals surface area contributed by atoms with E-state index in [2.05, 4.69) is 15.0 Å². The van der Waals surface area contributed by atoms with Gasteiger partial charge in [0.05, 0.1) is 27.1 Å². The molecule has 3 aromatic rings. The van der Waals surface area contributed by atoms with Gasteiger partial charge in [0.1, 0.15) is 0 Å². The number of ketones is 1. The SMILES string of the molecule is O=C1c2cc3scnc3cc2C2=NCCc3c[nH]c1c32. The van der Waals surface area contributed by atoms with Crippen molar-refractivity contribution in [1.29, 1.82) is 0 Å². The van der Waals surface area contributed by atoms with Crippen LogP contribution in [0.4, 0.5) is 0 Å². The first kappa shape index (κ1) is 10.5. The summed E-state index contributed by atoms with van der Waals surface area (Å²) in [4.78, 5) is 24.8. The fraction of sp³-hybridized carbons (Fsp3) is 0.133. The van der Waals surface area contributed by atoms with Crippen molar-refractivity contribution in [2.24, 2.45) is 4.99 Å². The van der Waals surface area contributed by atoms with Crippen LogP contribution < -0.4 is 0 Å². The summed E-state index contributed by atoms with van der Waals surface area (Å²) in [5.74, 6) is 0.0670. The van der Waals surface area contributed by atoms with Gasteiger partial charge in [0.15, 0.2) is 0 Å². The number of hydrogen-bond donors (Lipinski definition) is 1. The summed E-state index contributed by atoms with van der Waals surface area (Å²) < 4.78 is 1.05. The number of aromatic amines is 1. The van der Waals surface area contributed by atoms with Crippen molar-refractivity contribution in [2.75, 3.05) is 6.54 Å². The average Bonchev–Trinajstić information content (AvgIpc) is 3.10. The van der Waals surface area contributed by atoms with Gasteiger partial charge in [-0.25, -0.2) is 4.98 Å². The number of H-pyrrole nitrogens is 1. The molecule has 96 valence electrons. The van der Waals surface area contributed by atoms with Crippen LogP contribution in [-0.4, -0.2) is 28.0 Å². The van der Waals surface area contributed by atoms with E-state index in [1.54, 1.807) is 11.3 Å². The molecule has 3 heterocycles. The minimum atomic E-state index is 0.0670. The normalized spacial score (nSPS) is 16.0. The maximum Gasteiger partial charge on any atom is 0.210 e. The molecule has 20 heavy (non-hydrogen) atoms. The number of nitrogens with zero attached hydrogens (tertiary/aromatic N) is 2. The van der Waals surface area contributed by atoms with Gasteiger partial charge in [-0.3, -0.25) is 9.79 Å². The Morgan fingerprint density at radius 3 is 3.15 bits per heavy atom. The molecule has 0 spiro atoms. The Hall–Kier alpha value is -2.27. The lowest BCUT2D eigenvalue weighted by atomic mass is 9.84. The maximum absolute atomic E-state index is 12.7. The van der Waals surface area contributed by atoms with Crippen LogP contribution in [0.25, 0.3) is 10.2 Å². The molecule has 0 amide bonds. The van der Waals surface area contributed by atoms with Gasteiger partial charge >= 0.3 is 0 Å². The summed E-state index contributed by atoms with van der Waals surface area (Å²) in [6, 6.07) is 3.95. The Morgan fingerprint density at radius 1 is 1.25 bits per heavy atom. The monoisotopic (exact) mass is 279 g/mol. The predicted molar refractivity (Wildman–Crippen MR) is 78.1 cm³/mol. The third kappa shape index (κ3) is 1.14. The van der Waals surface area contributed by atoms with Crippen molar-refractivity contribution in [3.05, 3.63) is 51.8 Å². The molecule has 1 aromatic carbocycles. The van der Waals surface area contributed by atoms with Gasteiger partial charge in [0.2, 0.25) is 5.78 Å². The Bertz CT molecular complexity index is 932. The zero-order chi connectivity index (χ0) is 13.3. The highest BCUT2D eigenvalue weighted by molar-refractivity contribution is 7.16. The molecule has 1 aliphatic carbocycles. The minimum absolute atomic E-state index is 0.0670. The highest BCUT2D eigenvalue weighted by atomic mass is 32.1. The number of thiazole rings is 1. The molecule has 0 saturated heterocycles. The Kier molecular flexibility index (Phi) is 1.80. The van der Waals surface area contributed by atoms with Crippen LogP contribution in [0.2, 0.25) is 0 Å². The van der Waals surface area contributed by atoms with Crippen LogP contribution >= 0.6 is 11.3 Å². The number of carbonyl (C=O) groups is 1. The number of carbonyl (C=O) groups excluding carboxylic acids is 1. The van der Waals surface area contributed by atoms with E-state index in [-0.39, 0.29) is 5.78 Å². The second-order valence-corrected chi connectivity index (χ2v) is 5.98. The van der Waals surface area contributed by atoms with Crippen molar-refractivity contribution in [3.63, 3.8) is 0 Å². The van der Waals surface area contributed by atoms with Gasteiger partial charge in [-0.1, -0.05) is 0 Å². The molecular weight excluding hydrogens is 270 g/mol. The smallest absolute Gasteiger partial charge is 0.210 e. The lowest BCUT2D eigenvalue weighted by Gasteiger charge is -2.21. The van der Waals surface area contributed by atoms with Crippen LogP contribution in [0.3, 0.4) is 0 Å². The van der Waals surface area contributed by atoms with Gasteiger partial charge in [-0.05, 0) is 24.1 Å². The van der Waals surface area contributed by atoms with Crippen LogP contribution in [0.15, 0.2) is 28.8 Å². The molecule has 0 saturated carbocycles. The molecule has 4 nitrogen and oxygen atoms in total. The topological polar surface area (TPSA) is 58.1 Å². The number of aliphatic imine (C=N–C) groups is 1. The summed E-state index contributed by atoms with van der Waals surface area (Å²) in [5, 5.41) is 0.